The quantitative estimate of drug-likeness (QED) is 0.943. The van der Waals surface area contributed by atoms with E-state index in [1.54, 1.807) is 19.2 Å². The molecule has 0 spiro atoms. The summed E-state index contributed by atoms with van der Waals surface area (Å²) in [4.78, 5) is 4.54. The zero-order valence-corrected chi connectivity index (χ0v) is 13.4. The van der Waals surface area contributed by atoms with E-state index in [1.165, 1.54) is 17.5 Å². The van der Waals surface area contributed by atoms with Crippen molar-refractivity contribution in [2.24, 2.45) is 0 Å². The summed E-state index contributed by atoms with van der Waals surface area (Å²) in [7, 11) is -3.53. The van der Waals surface area contributed by atoms with E-state index >= 15 is 0 Å². The Morgan fingerprint density at radius 3 is 2.59 bits per heavy atom. The summed E-state index contributed by atoms with van der Waals surface area (Å²) < 4.78 is 27.8. The Hall–Kier alpha value is -1.72. The summed E-state index contributed by atoms with van der Waals surface area (Å²) in [6.45, 7) is 1.80. The Morgan fingerprint density at radius 2 is 1.86 bits per heavy atom. The number of rotatable bonds is 4. The molecule has 0 saturated heterocycles. The zero-order chi connectivity index (χ0) is 15.6. The maximum absolute atomic E-state index is 12.6. The third-order valence-corrected chi connectivity index (χ3v) is 5.63. The maximum Gasteiger partial charge on any atom is 0.241 e. The van der Waals surface area contributed by atoms with Crippen LogP contribution in [0.4, 0.5) is 0 Å². The van der Waals surface area contributed by atoms with E-state index in [0.29, 0.717) is 10.6 Å². The van der Waals surface area contributed by atoms with Crippen LogP contribution in [0.1, 0.15) is 42.6 Å². The van der Waals surface area contributed by atoms with Gasteiger partial charge in [0.15, 0.2) is 0 Å². The van der Waals surface area contributed by atoms with Crippen LogP contribution < -0.4 is 4.72 Å². The van der Waals surface area contributed by atoms with Gasteiger partial charge >= 0.3 is 0 Å². The Bertz CT molecular complexity index is 757. The number of hydrogen-bond acceptors (Lipinski definition) is 3. The molecule has 0 unspecified atom stereocenters. The van der Waals surface area contributed by atoms with Crippen LogP contribution in [-0.4, -0.2) is 13.4 Å². The van der Waals surface area contributed by atoms with Crippen molar-refractivity contribution in [1.29, 1.82) is 0 Å². The second-order valence-electron chi connectivity index (χ2n) is 5.74. The number of pyridine rings is 1. The average Bonchev–Trinajstić information content (AvgIpc) is 2.55. The van der Waals surface area contributed by atoms with Crippen molar-refractivity contribution >= 4 is 10.0 Å². The van der Waals surface area contributed by atoms with Crippen LogP contribution >= 0.6 is 0 Å². The van der Waals surface area contributed by atoms with E-state index < -0.39 is 10.0 Å². The number of fused-ring (bicyclic) bond motifs is 1. The molecule has 4 nitrogen and oxygen atoms in total. The Kier molecular flexibility index (Phi) is 4.27. The van der Waals surface area contributed by atoms with Crippen molar-refractivity contribution in [3.63, 3.8) is 0 Å². The van der Waals surface area contributed by atoms with Crippen LogP contribution in [0.2, 0.25) is 0 Å². The van der Waals surface area contributed by atoms with Gasteiger partial charge in [0, 0.05) is 6.20 Å². The van der Waals surface area contributed by atoms with Gasteiger partial charge in [-0.2, -0.15) is 0 Å². The van der Waals surface area contributed by atoms with Crippen molar-refractivity contribution in [2.45, 2.75) is 43.5 Å². The lowest BCUT2D eigenvalue weighted by Gasteiger charge is -2.18. The summed E-state index contributed by atoms with van der Waals surface area (Å²) in [5.74, 6) is 0. The molecule has 0 radical (unpaired) electrons. The normalized spacial score (nSPS) is 16.0. The topological polar surface area (TPSA) is 59.1 Å². The number of aromatic nitrogens is 1. The smallest absolute Gasteiger partial charge is 0.241 e. The number of nitrogens with zero attached hydrogens (tertiary/aromatic N) is 1. The molecular formula is C17H20N2O2S. The molecule has 0 fully saturated rings. The lowest BCUT2D eigenvalue weighted by atomic mass is 9.92. The monoisotopic (exact) mass is 316 g/mol. The van der Waals surface area contributed by atoms with Gasteiger partial charge in [0.2, 0.25) is 10.0 Å². The van der Waals surface area contributed by atoms with Gasteiger partial charge in [-0.25, -0.2) is 13.1 Å². The highest BCUT2D eigenvalue weighted by atomic mass is 32.2. The van der Waals surface area contributed by atoms with Crippen LogP contribution in [0.5, 0.6) is 0 Å². The van der Waals surface area contributed by atoms with E-state index in [0.717, 1.165) is 19.3 Å². The van der Waals surface area contributed by atoms with Gasteiger partial charge in [0.05, 0.1) is 16.6 Å². The first-order valence-corrected chi connectivity index (χ1v) is 9.10. The molecular weight excluding hydrogens is 296 g/mol. The average molecular weight is 316 g/mol. The number of benzene rings is 1. The lowest BCUT2D eigenvalue weighted by Crippen LogP contribution is -2.27. The fraction of sp³-hybridized carbons (Fsp3) is 0.353. The van der Waals surface area contributed by atoms with Gasteiger partial charge in [0.25, 0.3) is 0 Å². The van der Waals surface area contributed by atoms with Crippen molar-refractivity contribution < 1.29 is 8.42 Å². The molecule has 2 aromatic rings. The predicted octanol–water partition coefficient (Wildman–Crippen LogP) is 3.00. The molecule has 1 aromatic carbocycles. The molecule has 1 aromatic heterocycles. The largest absolute Gasteiger partial charge is 0.260 e. The molecule has 0 aliphatic heterocycles. The van der Waals surface area contributed by atoms with E-state index in [4.69, 9.17) is 0 Å². The van der Waals surface area contributed by atoms with Crippen LogP contribution in [-0.2, 0) is 22.9 Å². The second kappa shape index (κ2) is 6.18. The minimum atomic E-state index is -3.53. The van der Waals surface area contributed by atoms with Crippen LogP contribution in [0, 0.1) is 0 Å². The van der Waals surface area contributed by atoms with Gasteiger partial charge in [0.1, 0.15) is 0 Å². The maximum atomic E-state index is 12.6. The van der Waals surface area contributed by atoms with Gasteiger partial charge < -0.3 is 0 Å². The Balaban J connectivity index is 1.84. The molecule has 5 heteroatoms. The van der Waals surface area contributed by atoms with Gasteiger partial charge in [-0.3, -0.25) is 4.98 Å². The third-order valence-electron chi connectivity index (χ3n) is 4.09. The molecule has 1 atom stereocenters. The van der Waals surface area contributed by atoms with Crippen LogP contribution in [0.15, 0.2) is 47.5 Å². The molecule has 1 heterocycles. The lowest BCUT2D eigenvalue weighted by molar-refractivity contribution is 0.563. The predicted molar refractivity (Wildman–Crippen MR) is 86.1 cm³/mol. The number of hydrogen-bond donors (Lipinski definition) is 1. The second-order valence-corrected chi connectivity index (χ2v) is 7.45. The fourth-order valence-electron chi connectivity index (χ4n) is 2.87. The van der Waals surface area contributed by atoms with E-state index in [1.807, 2.05) is 30.3 Å². The summed E-state index contributed by atoms with van der Waals surface area (Å²) in [6, 6.07) is 10.6. The van der Waals surface area contributed by atoms with Crippen molar-refractivity contribution in [3.05, 3.63) is 59.4 Å². The first-order valence-electron chi connectivity index (χ1n) is 7.61. The molecule has 1 N–H and O–H groups in total. The molecule has 1 aliphatic carbocycles. The minimum absolute atomic E-state index is 0.343. The summed E-state index contributed by atoms with van der Waals surface area (Å²) in [5, 5.41) is 0. The SMILES string of the molecule is C[C@@H](NS(=O)(=O)c1ccc2c(c1)CCCC2)c1ccccn1. The number of sulfonamides is 1. The highest BCUT2D eigenvalue weighted by Gasteiger charge is 2.20. The summed E-state index contributed by atoms with van der Waals surface area (Å²) >= 11 is 0. The molecule has 0 amide bonds. The molecule has 22 heavy (non-hydrogen) atoms. The molecule has 1 aliphatic rings. The zero-order valence-electron chi connectivity index (χ0n) is 12.6. The minimum Gasteiger partial charge on any atom is -0.260 e. The summed E-state index contributed by atoms with van der Waals surface area (Å²) in [6.07, 6.45) is 6.00. The standard InChI is InChI=1S/C17H20N2O2S/c1-13(17-8-4-5-11-18-17)19-22(20,21)16-10-9-14-6-2-3-7-15(14)12-16/h4-5,8-13,19H,2-3,6-7H2,1H3/t13-/m1/s1. The molecule has 0 bridgehead atoms. The Labute approximate surface area is 131 Å². The van der Waals surface area contributed by atoms with Crippen LogP contribution in [0.25, 0.3) is 0 Å². The fourth-order valence-corrected chi connectivity index (χ4v) is 4.14. The van der Waals surface area contributed by atoms with Crippen molar-refractivity contribution in [2.75, 3.05) is 0 Å². The number of aryl methyl sites for hydroxylation is 2. The van der Waals surface area contributed by atoms with Gasteiger partial charge in [-0.05, 0) is 68.0 Å². The Morgan fingerprint density at radius 1 is 1.09 bits per heavy atom. The first kappa shape index (κ1) is 15.2. The van der Waals surface area contributed by atoms with Crippen LogP contribution in [0.3, 0.4) is 0 Å². The van der Waals surface area contributed by atoms with E-state index in [-0.39, 0.29) is 6.04 Å². The van der Waals surface area contributed by atoms with E-state index in [9.17, 15) is 8.42 Å². The highest BCUT2D eigenvalue weighted by molar-refractivity contribution is 7.89. The first-order chi connectivity index (χ1) is 10.6. The summed E-state index contributed by atoms with van der Waals surface area (Å²) in [5.41, 5.74) is 3.16. The molecule has 116 valence electrons. The molecule has 3 rings (SSSR count). The van der Waals surface area contributed by atoms with Crippen molar-refractivity contribution in [1.82, 2.24) is 9.71 Å². The third kappa shape index (κ3) is 3.20. The number of nitrogens with one attached hydrogen (secondary N) is 1. The van der Waals surface area contributed by atoms with Crippen molar-refractivity contribution in [3.8, 4) is 0 Å². The highest BCUT2D eigenvalue weighted by Crippen LogP contribution is 2.24. The van der Waals surface area contributed by atoms with Gasteiger partial charge in [-0.15, -0.1) is 0 Å². The van der Waals surface area contributed by atoms with Gasteiger partial charge in [-0.1, -0.05) is 12.1 Å². The van der Waals surface area contributed by atoms with E-state index in [2.05, 4.69) is 9.71 Å². The molecule has 0 saturated carbocycles.